The van der Waals surface area contributed by atoms with Gasteiger partial charge in [0.15, 0.2) is 0 Å². The summed E-state index contributed by atoms with van der Waals surface area (Å²) < 4.78 is 0. The van der Waals surface area contributed by atoms with Crippen LogP contribution in [0.25, 0.3) is 0 Å². The monoisotopic (exact) mass is 222 g/mol. The molecular weight excluding hydrogens is 208 g/mol. The molecule has 2 unspecified atom stereocenters. The molecule has 1 aromatic heterocycles. The van der Waals surface area contributed by atoms with Crippen LogP contribution in [0, 0.1) is 0 Å². The fraction of sp³-hybridized carbons (Fsp3) is 0.500. The number of hydrogen-bond donors (Lipinski definition) is 3. The third-order valence-electron chi connectivity index (χ3n) is 2.64. The Bertz CT molecular complexity index is 357. The van der Waals surface area contributed by atoms with Gasteiger partial charge in [0.2, 0.25) is 0 Å². The zero-order chi connectivity index (χ0) is 11.4. The molecule has 3 N–H and O–H groups in total. The van der Waals surface area contributed by atoms with Crippen molar-refractivity contribution >= 4 is 5.97 Å². The molecule has 0 bridgehead atoms. The summed E-state index contributed by atoms with van der Waals surface area (Å²) in [4.78, 5) is 10.4. The van der Waals surface area contributed by atoms with Gasteiger partial charge >= 0.3 is 5.97 Å². The van der Waals surface area contributed by atoms with Gasteiger partial charge in [0, 0.05) is 18.7 Å². The van der Waals surface area contributed by atoms with Gasteiger partial charge in [0.1, 0.15) is 0 Å². The maximum absolute atomic E-state index is 10.4. The number of nitrogens with one attached hydrogen (secondary N) is 2. The van der Waals surface area contributed by atoms with Crippen molar-refractivity contribution in [1.82, 2.24) is 21.0 Å². The van der Waals surface area contributed by atoms with Gasteiger partial charge in [-0.05, 0) is 25.0 Å². The van der Waals surface area contributed by atoms with Crippen molar-refractivity contribution in [3.63, 3.8) is 0 Å². The minimum absolute atomic E-state index is 0.118. The molecule has 1 saturated heterocycles. The topological polar surface area (TPSA) is 87.1 Å². The number of aliphatic carboxylic acids is 1. The molecule has 0 radical (unpaired) electrons. The van der Waals surface area contributed by atoms with Crippen LogP contribution in [0.1, 0.15) is 31.0 Å². The zero-order valence-corrected chi connectivity index (χ0v) is 8.76. The average Bonchev–Trinajstić information content (AvgIpc) is 2.76. The molecule has 2 atom stereocenters. The predicted molar refractivity (Wildman–Crippen MR) is 56.3 cm³/mol. The maximum atomic E-state index is 10.4. The molecule has 0 aliphatic carbocycles. The first-order valence-electron chi connectivity index (χ1n) is 5.26. The Balaban J connectivity index is 1.86. The van der Waals surface area contributed by atoms with Gasteiger partial charge in [-0.15, -0.1) is 0 Å². The standard InChI is InChI=1S/C10H14N4O2/c15-10(16)4-3-7-6-9(14-12-7)8-2-1-5-11-13-8/h1-2,5,7,9,12,14H,3-4,6H2,(H,15,16). The third-order valence-corrected chi connectivity index (χ3v) is 2.64. The third kappa shape index (κ3) is 2.74. The number of carboxylic acid groups (broad SMARTS) is 1. The van der Waals surface area contributed by atoms with Gasteiger partial charge in [0.05, 0.1) is 11.7 Å². The van der Waals surface area contributed by atoms with Gasteiger partial charge in [0.25, 0.3) is 0 Å². The maximum Gasteiger partial charge on any atom is 0.303 e. The van der Waals surface area contributed by atoms with Gasteiger partial charge in [-0.1, -0.05) is 0 Å². The van der Waals surface area contributed by atoms with E-state index in [1.54, 1.807) is 6.20 Å². The van der Waals surface area contributed by atoms with Crippen LogP contribution in [-0.2, 0) is 4.79 Å². The lowest BCUT2D eigenvalue weighted by Crippen LogP contribution is -2.31. The molecule has 1 aliphatic rings. The van der Waals surface area contributed by atoms with Crippen molar-refractivity contribution in [2.75, 3.05) is 0 Å². The predicted octanol–water partition coefficient (Wildman–Crippen LogP) is 0.249. The molecule has 16 heavy (non-hydrogen) atoms. The number of rotatable bonds is 4. The van der Waals surface area contributed by atoms with Crippen molar-refractivity contribution in [3.05, 3.63) is 24.0 Å². The van der Waals surface area contributed by atoms with E-state index >= 15 is 0 Å². The zero-order valence-electron chi connectivity index (χ0n) is 8.76. The van der Waals surface area contributed by atoms with Crippen LogP contribution in [0.15, 0.2) is 18.3 Å². The van der Waals surface area contributed by atoms with Crippen molar-refractivity contribution in [3.8, 4) is 0 Å². The highest BCUT2D eigenvalue weighted by molar-refractivity contribution is 5.66. The summed E-state index contributed by atoms with van der Waals surface area (Å²) in [6.07, 6.45) is 3.28. The second-order valence-corrected chi connectivity index (χ2v) is 3.85. The first-order chi connectivity index (χ1) is 7.75. The van der Waals surface area contributed by atoms with E-state index < -0.39 is 5.97 Å². The number of carboxylic acids is 1. The minimum Gasteiger partial charge on any atom is -0.481 e. The van der Waals surface area contributed by atoms with Crippen molar-refractivity contribution < 1.29 is 9.90 Å². The molecule has 1 aliphatic heterocycles. The summed E-state index contributed by atoms with van der Waals surface area (Å²) in [5, 5.41) is 16.4. The molecule has 0 amide bonds. The highest BCUT2D eigenvalue weighted by Crippen LogP contribution is 2.21. The Kier molecular flexibility index (Phi) is 3.43. The Morgan fingerprint density at radius 1 is 1.56 bits per heavy atom. The van der Waals surface area contributed by atoms with Crippen molar-refractivity contribution in [2.24, 2.45) is 0 Å². The number of nitrogens with zero attached hydrogens (tertiary/aromatic N) is 2. The lowest BCUT2D eigenvalue weighted by molar-refractivity contribution is -0.137. The summed E-state index contributed by atoms with van der Waals surface area (Å²) >= 11 is 0. The minimum atomic E-state index is -0.759. The molecule has 0 spiro atoms. The lowest BCUT2D eigenvalue weighted by atomic mass is 10.0. The summed E-state index contributed by atoms with van der Waals surface area (Å²) in [6.45, 7) is 0. The summed E-state index contributed by atoms with van der Waals surface area (Å²) in [5.41, 5.74) is 7.06. The number of aromatic nitrogens is 2. The molecule has 1 fully saturated rings. The van der Waals surface area contributed by atoms with Crippen molar-refractivity contribution in [2.45, 2.75) is 31.3 Å². The average molecular weight is 222 g/mol. The van der Waals surface area contributed by atoms with Gasteiger partial charge in [-0.2, -0.15) is 10.2 Å². The van der Waals surface area contributed by atoms with E-state index in [9.17, 15) is 4.79 Å². The highest BCUT2D eigenvalue weighted by Gasteiger charge is 2.26. The highest BCUT2D eigenvalue weighted by atomic mass is 16.4. The van der Waals surface area contributed by atoms with E-state index in [0.29, 0.717) is 6.42 Å². The van der Waals surface area contributed by atoms with Crippen LogP contribution in [0.2, 0.25) is 0 Å². The summed E-state index contributed by atoms with van der Waals surface area (Å²) in [7, 11) is 0. The first kappa shape index (κ1) is 11.0. The number of carbonyl (C=O) groups is 1. The van der Waals surface area contributed by atoms with E-state index in [1.807, 2.05) is 12.1 Å². The molecule has 1 aromatic rings. The Morgan fingerprint density at radius 2 is 2.44 bits per heavy atom. The van der Waals surface area contributed by atoms with E-state index in [-0.39, 0.29) is 18.5 Å². The SMILES string of the molecule is O=C(O)CCC1CC(c2cccnn2)NN1. The number of hydrazine groups is 1. The van der Waals surface area contributed by atoms with Crippen molar-refractivity contribution in [1.29, 1.82) is 0 Å². The van der Waals surface area contributed by atoms with Crippen LogP contribution in [-0.4, -0.2) is 27.3 Å². The van der Waals surface area contributed by atoms with Crippen LogP contribution in [0.5, 0.6) is 0 Å². The fourth-order valence-corrected chi connectivity index (χ4v) is 1.80. The smallest absolute Gasteiger partial charge is 0.303 e. The second-order valence-electron chi connectivity index (χ2n) is 3.85. The van der Waals surface area contributed by atoms with Crippen LogP contribution in [0.3, 0.4) is 0 Å². The molecule has 6 nitrogen and oxygen atoms in total. The van der Waals surface area contributed by atoms with Gasteiger partial charge in [-0.3, -0.25) is 10.2 Å². The van der Waals surface area contributed by atoms with Gasteiger partial charge in [-0.25, -0.2) is 5.43 Å². The Hall–Kier alpha value is -1.53. The molecule has 86 valence electrons. The van der Waals surface area contributed by atoms with Crippen LogP contribution >= 0.6 is 0 Å². The molecule has 2 rings (SSSR count). The molecular formula is C10H14N4O2. The Morgan fingerprint density at radius 3 is 3.12 bits per heavy atom. The van der Waals surface area contributed by atoms with Crippen LogP contribution in [0.4, 0.5) is 0 Å². The van der Waals surface area contributed by atoms with E-state index in [0.717, 1.165) is 12.1 Å². The largest absolute Gasteiger partial charge is 0.481 e. The molecule has 0 saturated carbocycles. The van der Waals surface area contributed by atoms with Crippen LogP contribution < -0.4 is 10.9 Å². The summed E-state index contributed by atoms with van der Waals surface area (Å²) in [6, 6.07) is 4.05. The molecule has 6 heteroatoms. The van der Waals surface area contributed by atoms with E-state index in [4.69, 9.17) is 5.11 Å². The molecule has 0 aromatic carbocycles. The molecule has 2 heterocycles. The Labute approximate surface area is 93.0 Å². The lowest BCUT2D eigenvalue weighted by Gasteiger charge is -2.06. The fourth-order valence-electron chi connectivity index (χ4n) is 1.80. The normalized spacial score (nSPS) is 24.5. The van der Waals surface area contributed by atoms with E-state index in [2.05, 4.69) is 21.0 Å². The first-order valence-corrected chi connectivity index (χ1v) is 5.26. The van der Waals surface area contributed by atoms with E-state index in [1.165, 1.54) is 0 Å². The quantitative estimate of drug-likeness (QED) is 0.677. The summed E-state index contributed by atoms with van der Waals surface area (Å²) in [5.74, 6) is -0.759. The number of hydrogen-bond acceptors (Lipinski definition) is 5. The second kappa shape index (κ2) is 5.00. The van der Waals surface area contributed by atoms with Gasteiger partial charge < -0.3 is 5.11 Å².